The normalized spacial score (nSPS) is 31.6. The molecule has 0 bridgehead atoms. The summed E-state index contributed by atoms with van der Waals surface area (Å²) in [6.45, 7) is 1.71. The van der Waals surface area contributed by atoms with Crippen LogP contribution in [0.15, 0.2) is 0 Å². The summed E-state index contributed by atoms with van der Waals surface area (Å²) in [5.74, 6) is -0.984. The number of carboxylic acid groups (broad SMARTS) is 1. The van der Waals surface area contributed by atoms with E-state index in [9.17, 15) is 9.59 Å². The van der Waals surface area contributed by atoms with Gasteiger partial charge in [-0.15, -0.1) is 0 Å². The lowest BCUT2D eigenvalue weighted by Gasteiger charge is -2.37. The number of nitrogens with two attached hydrogens (primary N) is 1. The Morgan fingerprint density at radius 2 is 1.89 bits per heavy atom. The van der Waals surface area contributed by atoms with Gasteiger partial charge in [-0.2, -0.15) is 0 Å². The lowest BCUT2D eigenvalue weighted by atomic mass is 9.83. The van der Waals surface area contributed by atoms with E-state index in [2.05, 4.69) is 0 Å². The van der Waals surface area contributed by atoms with Gasteiger partial charge in [0.15, 0.2) is 0 Å². The monoisotopic (exact) mass is 268 g/mol. The summed E-state index contributed by atoms with van der Waals surface area (Å²) in [7, 11) is 0. The Morgan fingerprint density at radius 1 is 1.26 bits per heavy atom. The maximum atomic E-state index is 12.8. The number of amides is 1. The van der Waals surface area contributed by atoms with Gasteiger partial charge in [-0.25, -0.2) is 0 Å². The first-order chi connectivity index (χ1) is 8.95. The van der Waals surface area contributed by atoms with Crippen LogP contribution >= 0.6 is 0 Å². The molecule has 2 fully saturated rings. The lowest BCUT2D eigenvalue weighted by molar-refractivity contribution is -0.152. The van der Waals surface area contributed by atoms with Gasteiger partial charge in [0.2, 0.25) is 5.91 Å². The number of hydrogen-bond acceptors (Lipinski definition) is 3. The summed E-state index contributed by atoms with van der Waals surface area (Å²) in [4.78, 5) is 25.4. The van der Waals surface area contributed by atoms with Crippen molar-refractivity contribution >= 4 is 11.9 Å². The molecular weight excluding hydrogens is 244 g/mol. The van der Waals surface area contributed by atoms with Crippen LogP contribution in [0.1, 0.15) is 51.9 Å². The molecule has 108 valence electrons. The van der Waals surface area contributed by atoms with Crippen molar-refractivity contribution in [3.63, 3.8) is 0 Å². The van der Waals surface area contributed by atoms with Crippen LogP contribution in [0, 0.1) is 5.41 Å². The van der Waals surface area contributed by atoms with Gasteiger partial charge in [-0.3, -0.25) is 9.59 Å². The van der Waals surface area contributed by atoms with E-state index in [0.29, 0.717) is 0 Å². The zero-order valence-electron chi connectivity index (χ0n) is 11.6. The summed E-state index contributed by atoms with van der Waals surface area (Å²) < 4.78 is 0. The van der Waals surface area contributed by atoms with Gasteiger partial charge in [-0.05, 0) is 32.6 Å². The topological polar surface area (TPSA) is 83.6 Å². The second-order valence-corrected chi connectivity index (χ2v) is 6.18. The SMILES string of the molecule is CC1(C(=O)N(CC(=O)O)C2CCCC2)CCCC1N. The second-order valence-electron chi connectivity index (χ2n) is 6.18. The third kappa shape index (κ3) is 2.76. The summed E-state index contributed by atoms with van der Waals surface area (Å²) in [5.41, 5.74) is 5.52. The van der Waals surface area contributed by atoms with E-state index in [1.807, 2.05) is 6.92 Å². The molecule has 0 aromatic rings. The van der Waals surface area contributed by atoms with Gasteiger partial charge < -0.3 is 15.7 Å². The third-order valence-corrected chi connectivity index (χ3v) is 4.85. The average Bonchev–Trinajstić information content (AvgIpc) is 2.97. The minimum atomic E-state index is -0.935. The highest BCUT2D eigenvalue weighted by molar-refractivity contribution is 5.87. The van der Waals surface area contributed by atoms with Gasteiger partial charge in [0.05, 0.1) is 5.41 Å². The number of rotatable bonds is 4. The first-order valence-electron chi connectivity index (χ1n) is 7.23. The summed E-state index contributed by atoms with van der Waals surface area (Å²) in [6, 6.07) is -0.0501. The fraction of sp³-hybridized carbons (Fsp3) is 0.857. The molecule has 0 radical (unpaired) electrons. The number of carbonyl (C=O) groups excluding carboxylic acids is 1. The van der Waals surface area contributed by atoms with Crippen LogP contribution in [0.2, 0.25) is 0 Å². The van der Waals surface area contributed by atoms with Crippen LogP contribution in [0.5, 0.6) is 0 Å². The minimum absolute atomic E-state index is 0.0493. The Kier molecular flexibility index (Phi) is 4.13. The fourth-order valence-corrected chi connectivity index (χ4v) is 3.52. The molecule has 2 saturated carbocycles. The van der Waals surface area contributed by atoms with E-state index in [4.69, 9.17) is 10.8 Å². The zero-order valence-corrected chi connectivity index (χ0v) is 11.6. The Labute approximate surface area is 114 Å². The molecule has 2 unspecified atom stereocenters. The van der Waals surface area contributed by atoms with Crippen molar-refractivity contribution in [1.82, 2.24) is 4.90 Å². The van der Waals surface area contributed by atoms with E-state index in [0.717, 1.165) is 44.9 Å². The number of hydrogen-bond donors (Lipinski definition) is 2. The maximum absolute atomic E-state index is 12.8. The molecule has 2 rings (SSSR count). The molecule has 0 aliphatic heterocycles. The van der Waals surface area contributed by atoms with E-state index in [-0.39, 0.29) is 24.5 Å². The molecule has 1 amide bonds. The van der Waals surface area contributed by atoms with Crippen molar-refractivity contribution in [3.8, 4) is 0 Å². The minimum Gasteiger partial charge on any atom is -0.480 e. The molecule has 5 nitrogen and oxygen atoms in total. The lowest BCUT2D eigenvalue weighted by Crippen LogP contribution is -2.53. The molecule has 0 aromatic heterocycles. The van der Waals surface area contributed by atoms with E-state index < -0.39 is 11.4 Å². The first kappa shape index (κ1) is 14.3. The molecule has 2 atom stereocenters. The van der Waals surface area contributed by atoms with E-state index in [1.54, 1.807) is 4.90 Å². The molecule has 5 heteroatoms. The number of aliphatic carboxylic acids is 1. The summed E-state index contributed by atoms with van der Waals surface area (Å²) in [5, 5.41) is 9.06. The number of nitrogens with zero attached hydrogens (tertiary/aromatic N) is 1. The molecule has 0 aromatic carbocycles. The highest BCUT2D eigenvalue weighted by Crippen LogP contribution is 2.39. The highest BCUT2D eigenvalue weighted by atomic mass is 16.4. The predicted octanol–water partition coefficient (Wildman–Crippen LogP) is 1.36. The standard InChI is InChI=1S/C14H24N2O3/c1-14(8-4-7-11(14)15)13(19)16(9-12(17)18)10-5-2-3-6-10/h10-11H,2-9,15H2,1H3,(H,17,18). The second kappa shape index (κ2) is 5.49. The van der Waals surface area contributed by atoms with Gasteiger partial charge >= 0.3 is 5.97 Å². The smallest absolute Gasteiger partial charge is 0.323 e. The van der Waals surface area contributed by atoms with Crippen LogP contribution in [0.25, 0.3) is 0 Å². The Hall–Kier alpha value is -1.10. The molecular formula is C14H24N2O3. The van der Waals surface area contributed by atoms with Crippen LogP contribution < -0.4 is 5.73 Å². The summed E-state index contributed by atoms with van der Waals surface area (Å²) in [6.07, 6.45) is 6.58. The first-order valence-corrected chi connectivity index (χ1v) is 7.23. The molecule has 2 aliphatic rings. The largest absolute Gasteiger partial charge is 0.480 e. The maximum Gasteiger partial charge on any atom is 0.323 e. The zero-order chi connectivity index (χ0) is 14.0. The number of carboxylic acids is 1. The van der Waals surface area contributed by atoms with Crippen LogP contribution in [0.3, 0.4) is 0 Å². The van der Waals surface area contributed by atoms with Crippen molar-refractivity contribution in [2.24, 2.45) is 11.1 Å². The van der Waals surface area contributed by atoms with Crippen LogP contribution in [0.4, 0.5) is 0 Å². The van der Waals surface area contributed by atoms with Gasteiger partial charge in [0, 0.05) is 12.1 Å². The third-order valence-electron chi connectivity index (χ3n) is 4.85. The Bertz CT molecular complexity index is 366. The molecule has 0 saturated heterocycles. The van der Waals surface area contributed by atoms with Crippen molar-refractivity contribution in [1.29, 1.82) is 0 Å². The predicted molar refractivity (Wildman–Crippen MR) is 71.5 cm³/mol. The van der Waals surface area contributed by atoms with Gasteiger partial charge in [0.1, 0.15) is 6.54 Å². The summed E-state index contributed by atoms with van der Waals surface area (Å²) >= 11 is 0. The highest BCUT2D eigenvalue weighted by Gasteiger charge is 2.46. The molecule has 2 aliphatic carbocycles. The number of carbonyl (C=O) groups is 2. The van der Waals surface area contributed by atoms with Crippen molar-refractivity contribution < 1.29 is 14.7 Å². The average molecular weight is 268 g/mol. The molecule has 19 heavy (non-hydrogen) atoms. The van der Waals surface area contributed by atoms with Crippen LogP contribution in [-0.4, -0.2) is 40.5 Å². The van der Waals surface area contributed by atoms with Crippen molar-refractivity contribution in [2.45, 2.75) is 64.0 Å². The van der Waals surface area contributed by atoms with Crippen molar-refractivity contribution in [2.75, 3.05) is 6.54 Å². The van der Waals surface area contributed by atoms with Gasteiger partial charge in [-0.1, -0.05) is 19.3 Å². The molecule has 3 N–H and O–H groups in total. The molecule has 0 spiro atoms. The van der Waals surface area contributed by atoms with Crippen molar-refractivity contribution in [3.05, 3.63) is 0 Å². The Morgan fingerprint density at radius 3 is 2.37 bits per heavy atom. The van der Waals surface area contributed by atoms with E-state index in [1.165, 1.54) is 0 Å². The van der Waals surface area contributed by atoms with E-state index >= 15 is 0 Å². The quantitative estimate of drug-likeness (QED) is 0.806. The van der Waals surface area contributed by atoms with Crippen LogP contribution in [-0.2, 0) is 9.59 Å². The van der Waals surface area contributed by atoms with Gasteiger partial charge in [0.25, 0.3) is 0 Å². The fourth-order valence-electron chi connectivity index (χ4n) is 3.52. The molecule has 0 heterocycles. The Balaban J connectivity index is 2.17.